The van der Waals surface area contributed by atoms with Crippen LogP contribution in [0.1, 0.15) is 12.8 Å². The summed E-state index contributed by atoms with van der Waals surface area (Å²) in [4.78, 5) is 12.9. The normalized spacial score (nSPS) is 19.1. The topological polar surface area (TPSA) is 60.8 Å². The summed E-state index contributed by atoms with van der Waals surface area (Å²) in [5.41, 5.74) is -0.565. The SMILES string of the molecule is O=C(O)C1(O)CCN(c2ccc(Cl)cc2)CC1. The lowest BCUT2D eigenvalue weighted by Gasteiger charge is -2.36. The molecule has 2 N–H and O–H groups in total. The number of hydrogen-bond acceptors (Lipinski definition) is 3. The van der Waals surface area contributed by atoms with Gasteiger partial charge in [0.15, 0.2) is 5.60 Å². The minimum absolute atomic E-state index is 0.241. The van der Waals surface area contributed by atoms with E-state index in [-0.39, 0.29) is 12.8 Å². The number of piperidine rings is 1. The van der Waals surface area contributed by atoms with Gasteiger partial charge in [0, 0.05) is 36.6 Å². The molecule has 1 aromatic rings. The molecule has 92 valence electrons. The average molecular weight is 256 g/mol. The maximum atomic E-state index is 10.9. The molecule has 5 heteroatoms. The Kier molecular flexibility index (Phi) is 3.26. The van der Waals surface area contributed by atoms with Gasteiger partial charge in [0.2, 0.25) is 0 Å². The van der Waals surface area contributed by atoms with E-state index >= 15 is 0 Å². The highest BCUT2D eigenvalue weighted by atomic mass is 35.5. The van der Waals surface area contributed by atoms with Crippen LogP contribution in [0.4, 0.5) is 5.69 Å². The van der Waals surface area contributed by atoms with Gasteiger partial charge < -0.3 is 15.1 Å². The monoisotopic (exact) mass is 255 g/mol. The number of halogens is 1. The molecule has 0 radical (unpaired) electrons. The number of hydrogen-bond donors (Lipinski definition) is 2. The average Bonchev–Trinajstić information content (AvgIpc) is 2.31. The summed E-state index contributed by atoms with van der Waals surface area (Å²) in [6, 6.07) is 7.39. The van der Waals surface area contributed by atoms with E-state index in [1.165, 1.54) is 0 Å². The Morgan fingerprint density at radius 1 is 1.24 bits per heavy atom. The molecule has 1 aliphatic rings. The molecule has 1 aromatic carbocycles. The Morgan fingerprint density at radius 2 is 1.76 bits per heavy atom. The van der Waals surface area contributed by atoms with Crippen molar-refractivity contribution in [1.82, 2.24) is 0 Å². The van der Waals surface area contributed by atoms with Crippen molar-refractivity contribution in [2.75, 3.05) is 18.0 Å². The second-order valence-corrected chi connectivity index (χ2v) is 4.74. The van der Waals surface area contributed by atoms with Crippen LogP contribution >= 0.6 is 11.6 Å². The van der Waals surface area contributed by atoms with Crippen LogP contribution in [0.25, 0.3) is 0 Å². The second-order valence-electron chi connectivity index (χ2n) is 4.30. The molecule has 1 aliphatic heterocycles. The number of anilines is 1. The molecule has 0 saturated carbocycles. The second kappa shape index (κ2) is 4.55. The molecule has 17 heavy (non-hydrogen) atoms. The van der Waals surface area contributed by atoms with E-state index < -0.39 is 11.6 Å². The van der Waals surface area contributed by atoms with Crippen LogP contribution in [-0.4, -0.2) is 34.9 Å². The van der Waals surface area contributed by atoms with Crippen molar-refractivity contribution < 1.29 is 15.0 Å². The summed E-state index contributed by atoms with van der Waals surface area (Å²) in [6.45, 7) is 1.06. The van der Waals surface area contributed by atoms with E-state index in [4.69, 9.17) is 16.7 Å². The summed E-state index contributed by atoms with van der Waals surface area (Å²) >= 11 is 5.80. The zero-order valence-corrected chi connectivity index (χ0v) is 10.0. The number of carbonyl (C=O) groups is 1. The van der Waals surface area contributed by atoms with Crippen LogP contribution in [0.2, 0.25) is 5.02 Å². The molecule has 0 unspecified atom stereocenters. The van der Waals surface area contributed by atoms with Crippen molar-refractivity contribution in [2.45, 2.75) is 18.4 Å². The zero-order chi connectivity index (χ0) is 12.5. The van der Waals surface area contributed by atoms with E-state index in [1.54, 1.807) is 12.1 Å². The van der Waals surface area contributed by atoms with Crippen LogP contribution < -0.4 is 4.90 Å². The van der Waals surface area contributed by atoms with E-state index in [0.29, 0.717) is 18.1 Å². The van der Waals surface area contributed by atoms with Gasteiger partial charge in [-0.3, -0.25) is 0 Å². The first-order valence-corrected chi connectivity index (χ1v) is 5.85. The van der Waals surface area contributed by atoms with Gasteiger partial charge in [0.25, 0.3) is 0 Å². The van der Waals surface area contributed by atoms with Crippen molar-refractivity contribution in [3.05, 3.63) is 29.3 Å². The smallest absolute Gasteiger partial charge is 0.335 e. The highest BCUT2D eigenvalue weighted by Gasteiger charge is 2.39. The lowest BCUT2D eigenvalue weighted by molar-refractivity contribution is -0.160. The van der Waals surface area contributed by atoms with Gasteiger partial charge in [0.05, 0.1) is 0 Å². The number of rotatable bonds is 2. The van der Waals surface area contributed by atoms with E-state index in [9.17, 15) is 9.90 Å². The molecule has 1 saturated heterocycles. The van der Waals surface area contributed by atoms with Gasteiger partial charge in [-0.05, 0) is 24.3 Å². The summed E-state index contributed by atoms with van der Waals surface area (Å²) in [6.07, 6.45) is 0.482. The Hall–Kier alpha value is -1.26. The Bertz CT molecular complexity index is 410. The number of aliphatic carboxylic acids is 1. The molecule has 1 heterocycles. The van der Waals surface area contributed by atoms with Gasteiger partial charge >= 0.3 is 5.97 Å². The minimum atomic E-state index is -1.57. The van der Waals surface area contributed by atoms with Gasteiger partial charge in [-0.1, -0.05) is 11.6 Å². The molecule has 1 fully saturated rings. The fraction of sp³-hybridized carbons (Fsp3) is 0.417. The van der Waals surface area contributed by atoms with Crippen LogP contribution in [0, 0.1) is 0 Å². The van der Waals surface area contributed by atoms with Crippen LogP contribution in [-0.2, 0) is 4.79 Å². The fourth-order valence-electron chi connectivity index (χ4n) is 2.00. The third-order valence-electron chi connectivity index (χ3n) is 3.18. The number of carboxylic acids is 1. The number of benzene rings is 1. The standard InChI is InChI=1S/C12H14ClNO3/c13-9-1-3-10(4-2-9)14-7-5-12(17,6-8-14)11(15)16/h1-4,17H,5-8H2,(H,15,16). The van der Waals surface area contributed by atoms with Gasteiger partial charge in [-0.15, -0.1) is 0 Å². The highest BCUT2D eigenvalue weighted by Crippen LogP contribution is 2.27. The molecule has 0 amide bonds. The third-order valence-corrected chi connectivity index (χ3v) is 3.43. The van der Waals surface area contributed by atoms with Crippen molar-refractivity contribution >= 4 is 23.3 Å². The number of aliphatic hydroxyl groups is 1. The first-order chi connectivity index (χ1) is 8.01. The molecule has 0 spiro atoms. The molecular formula is C12H14ClNO3. The Morgan fingerprint density at radius 3 is 2.24 bits per heavy atom. The van der Waals surface area contributed by atoms with Crippen LogP contribution in [0.5, 0.6) is 0 Å². The molecule has 0 aliphatic carbocycles. The third kappa shape index (κ3) is 2.53. The summed E-state index contributed by atoms with van der Waals surface area (Å²) in [5.74, 6) is -1.13. The van der Waals surface area contributed by atoms with Crippen molar-refractivity contribution in [1.29, 1.82) is 0 Å². The molecule has 0 bridgehead atoms. The largest absolute Gasteiger partial charge is 0.479 e. The minimum Gasteiger partial charge on any atom is -0.479 e. The molecule has 4 nitrogen and oxygen atoms in total. The first kappa shape index (κ1) is 12.2. The predicted molar refractivity (Wildman–Crippen MR) is 65.5 cm³/mol. The highest BCUT2D eigenvalue weighted by molar-refractivity contribution is 6.30. The van der Waals surface area contributed by atoms with Crippen LogP contribution in [0.3, 0.4) is 0 Å². The van der Waals surface area contributed by atoms with Gasteiger partial charge in [0.1, 0.15) is 0 Å². The molecule has 0 aromatic heterocycles. The molecule has 0 atom stereocenters. The Labute approximate surface area is 104 Å². The van der Waals surface area contributed by atoms with E-state index in [2.05, 4.69) is 0 Å². The number of nitrogens with zero attached hydrogens (tertiary/aromatic N) is 1. The maximum absolute atomic E-state index is 10.9. The number of carboxylic acid groups (broad SMARTS) is 1. The molecular weight excluding hydrogens is 242 g/mol. The summed E-state index contributed by atoms with van der Waals surface area (Å²) in [7, 11) is 0. The lowest BCUT2D eigenvalue weighted by Crippen LogP contribution is -2.49. The fourth-order valence-corrected chi connectivity index (χ4v) is 2.13. The predicted octanol–water partition coefficient (Wildman–Crippen LogP) is 1.76. The van der Waals surface area contributed by atoms with E-state index in [1.807, 2.05) is 17.0 Å². The summed E-state index contributed by atoms with van der Waals surface area (Å²) in [5, 5.41) is 19.4. The van der Waals surface area contributed by atoms with Gasteiger partial charge in [-0.2, -0.15) is 0 Å². The quantitative estimate of drug-likeness (QED) is 0.845. The first-order valence-electron chi connectivity index (χ1n) is 5.47. The lowest BCUT2D eigenvalue weighted by atomic mass is 9.91. The van der Waals surface area contributed by atoms with E-state index in [0.717, 1.165) is 5.69 Å². The molecule has 2 rings (SSSR count). The zero-order valence-electron chi connectivity index (χ0n) is 9.27. The van der Waals surface area contributed by atoms with Crippen molar-refractivity contribution in [3.63, 3.8) is 0 Å². The van der Waals surface area contributed by atoms with Gasteiger partial charge in [-0.25, -0.2) is 4.79 Å². The van der Waals surface area contributed by atoms with Crippen LogP contribution in [0.15, 0.2) is 24.3 Å². The maximum Gasteiger partial charge on any atom is 0.335 e. The van der Waals surface area contributed by atoms with Crippen molar-refractivity contribution in [3.8, 4) is 0 Å². The van der Waals surface area contributed by atoms with Crippen molar-refractivity contribution in [2.24, 2.45) is 0 Å². The summed E-state index contributed by atoms with van der Waals surface area (Å²) < 4.78 is 0. The Balaban J connectivity index is 2.04.